The van der Waals surface area contributed by atoms with Crippen molar-refractivity contribution in [3.63, 3.8) is 0 Å². The van der Waals surface area contributed by atoms with Crippen LogP contribution in [0.3, 0.4) is 0 Å². The number of carbonyl (C=O) groups is 1. The molecule has 1 aromatic rings. The molecule has 6 heteroatoms. The summed E-state index contributed by atoms with van der Waals surface area (Å²) in [5.74, 6) is -2.30. The van der Waals surface area contributed by atoms with Gasteiger partial charge in [0.2, 0.25) is 5.82 Å². The SMILES string of the molecule is COc1c(CCCC(=O)O)cc(Br)c(O)c1F. The quantitative estimate of drug-likeness (QED) is 0.878. The van der Waals surface area contributed by atoms with E-state index in [1.807, 2.05) is 0 Å². The fourth-order valence-corrected chi connectivity index (χ4v) is 1.93. The fourth-order valence-electron chi connectivity index (χ4n) is 1.48. The predicted octanol–water partition coefficient (Wildman–Crippen LogP) is 2.71. The zero-order chi connectivity index (χ0) is 13.0. The average Bonchev–Trinajstić information content (AvgIpc) is 2.26. The molecule has 1 aromatic carbocycles. The maximum atomic E-state index is 13.6. The Morgan fingerprint density at radius 1 is 1.59 bits per heavy atom. The maximum absolute atomic E-state index is 13.6. The standard InChI is InChI=1S/C11H12BrFO4/c1-17-11-6(3-2-4-8(14)15)5-7(12)10(16)9(11)13/h5,16H,2-4H2,1H3,(H,14,15). The lowest BCUT2D eigenvalue weighted by Gasteiger charge is -2.11. The van der Waals surface area contributed by atoms with Crippen LogP contribution in [-0.2, 0) is 11.2 Å². The van der Waals surface area contributed by atoms with E-state index in [4.69, 9.17) is 9.84 Å². The molecule has 0 aromatic heterocycles. The van der Waals surface area contributed by atoms with E-state index >= 15 is 0 Å². The van der Waals surface area contributed by atoms with Gasteiger partial charge in [-0.05, 0) is 40.4 Å². The van der Waals surface area contributed by atoms with Gasteiger partial charge in [0.25, 0.3) is 0 Å². The van der Waals surface area contributed by atoms with Crippen LogP contribution in [0.15, 0.2) is 10.5 Å². The molecule has 0 amide bonds. The lowest BCUT2D eigenvalue weighted by atomic mass is 10.1. The molecule has 2 N–H and O–H groups in total. The first-order valence-electron chi connectivity index (χ1n) is 4.93. The van der Waals surface area contributed by atoms with Gasteiger partial charge >= 0.3 is 5.97 Å². The third kappa shape index (κ3) is 3.33. The third-order valence-corrected chi connectivity index (χ3v) is 2.87. The number of hydrogen-bond donors (Lipinski definition) is 2. The number of benzene rings is 1. The molecule has 0 saturated carbocycles. The van der Waals surface area contributed by atoms with E-state index in [0.717, 1.165) is 0 Å². The van der Waals surface area contributed by atoms with E-state index in [9.17, 15) is 14.3 Å². The van der Waals surface area contributed by atoms with Gasteiger partial charge in [0.15, 0.2) is 11.5 Å². The largest absolute Gasteiger partial charge is 0.504 e. The van der Waals surface area contributed by atoms with Crippen LogP contribution in [0.5, 0.6) is 11.5 Å². The van der Waals surface area contributed by atoms with Crippen LogP contribution in [-0.4, -0.2) is 23.3 Å². The van der Waals surface area contributed by atoms with Crippen LogP contribution in [0.2, 0.25) is 0 Å². The topological polar surface area (TPSA) is 66.8 Å². The fraction of sp³-hybridized carbons (Fsp3) is 0.364. The number of hydrogen-bond acceptors (Lipinski definition) is 3. The lowest BCUT2D eigenvalue weighted by Crippen LogP contribution is -2.00. The van der Waals surface area contributed by atoms with Crippen LogP contribution in [0.4, 0.5) is 4.39 Å². The Labute approximate surface area is 106 Å². The van der Waals surface area contributed by atoms with Crippen LogP contribution in [0.1, 0.15) is 18.4 Å². The minimum Gasteiger partial charge on any atom is -0.504 e. The molecule has 0 atom stereocenters. The van der Waals surface area contributed by atoms with E-state index in [2.05, 4.69) is 15.9 Å². The van der Waals surface area contributed by atoms with E-state index in [1.165, 1.54) is 13.2 Å². The Kier molecular flexibility index (Phi) is 4.74. The summed E-state index contributed by atoms with van der Waals surface area (Å²) < 4.78 is 18.7. The first kappa shape index (κ1) is 13.8. The van der Waals surface area contributed by atoms with Gasteiger partial charge in [-0.3, -0.25) is 4.79 Å². The number of methoxy groups -OCH3 is 1. The second-order valence-corrected chi connectivity index (χ2v) is 4.31. The molecule has 0 unspecified atom stereocenters. The molecule has 0 radical (unpaired) electrons. The summed E-state index contributed by atoms with van der Waals surface area (Å²) >= 11 is 3.02. The van der Waals surface area contributed by atoms with Gasteiger partial charge in [-0.1, -0.05) is 0 Å². The number of ether oxygens (including phenoxy) is 1. The summed E-state index contributed by atoms with van der Waals surface area (Å²) in [4.78, 5) is 10.4. The van der Waals surface area contributed by atoms with E-state index < -0.39 is 17.5 Å². The summed E-state index contributed by atoms with van der Waals surface area (Å²) in [6.45, 7) is 0. The second kappa shape index (κ2) is 5.86. The summed E-state index contributed by atoms with van der Waals surface area (Å²) in [6.07, 6.45) is 0.747. The van der Waals surface area contributed by atoms with Gasteiger partial charge < -0.3 is 14.9 Å². The van der Waals surface area contributed by atoms with E-state index in [1.54, 1.807) is 0 Å². The van der Waals surface area contributed by atoms with Gasteiger partial charge in [-0.2, -0.15) is 4.39 Å². The van der Waals surface area contributed by atoms with Gasteiger partial charge in [0.05, 0.1) is 11.6 Å². The molecular formula is C11H12BrFO4. The van der Waals surface area contributed by atoms with Gasteiger partial charge in [0.1, 0.15) is 0 Å². The van der Waals surface area contributed by atoms with Gasteiger partial charge in [-0.25, -0.2) is 0 Å². The molecule has 0 saturated heterocycles. The average molecular weight is 307 g/mol. The van der Waals surface area contributed by atoms with Gasteiger partial charge in [0, 0.05) is 6.42 Å². The number of aromatic hydroxyl groups is 1. The first-order chi connectivity index (χ1) is 7.97. The molecule has 94 valence electrons. The number of carboxylic acids is 1. The highest BCUT2D eigenvalue weighted by atomic mass is 79.9. The molecule has 0 bridgehead atoms. The van der Waals surface area contributed by atoms with Crippen molar-refractivity contribution in [1.29, 1.82) is 0 Å². The molecule has 0 fully saturated rings. The Morgan fingerprint density at radius 3 is 2.76 bits per heavy atom. The molecule has 0 spiro atoms. The monoisotopic (exact) mass is 306 g/mol. The Bertz CT molecular complexity index is 434. The molecule has 0 aliphatic heterocycles. The van der Waals surface area contributed by atoms with E-state index in [-0.39, 0.29) is 16.6 Å². The number of phenolic OH excluding ortho intramolecular Hbond substituents is 1. The molecule has 1 rings (SSSR count). The molecule has 0 aliphatic carbocycles. The van der Waals surface area contributed by atoms with Crippen molar-refractivity contribution >= 4 is 21.9 Å². The normalized spacial score (nSPS) is 10.3. The highest BCUT2D eigenvalue weighted by Crippen LogP contribution is 2.36. The van der Waals surface area contributed by atoms with Crippen molar-refractivity contribution in [2.45, 2.75) is 19.3 Å². The summed E-state index contributed by atoms with van der Waals surface area (Å²) in [7, 11) is 1.30. The predicted molar refractivity (Wildman–Crippen MR) is 62.9 cm³/mol. The smallest absolute Gasteiger partial charge is 0.303 e. The minimum atomic E-state index is -0.901. The van der Waals surface area contributed by atoms with Crippen LogP contribution >= 0.6 is 15.9 Å². The Morgan fingerprint density at radius 2 is 2.24 bits per heavy atom. The minimum absolute atomic E-state index is 0.00324. The number of halogens is 2. The van der Waals surface area contributed by atoms with Crippen molar-refractivity contribution in [2.24, 2.45) is 0 Å². The molecular weight excluding hydrogens is 295 g/mol. The highest BCUT2D eigenvalue weighted by Gasteiger charge is 2.17. The van der Waals surface area contributed by atoms with Crippen LogP contribution in [0.25, 0.3) is 0 Å². The summed E-state index contributed by atoms with van der Waals surface area (Å²) in [6, 6.07) is 1.53. The van der Waals surface area contributed by atoms with Gasteiger partial charge in [-0.15, -0.1) is 0 Å². The summed E-state index contributed by atoms with van der Waals surface area (Å²) in [5, 5.41) is 17.9. The zero-order valence-electron chi connectivity index (χ0n) is 9.17. The van der Waals surface area contributed by atoms with Crippen molar-refractivity contribution in [3.05, 3.63) is 21.9 Å². The number of aliphatic carboxylic acids is 1. The maximum Gasteiger partial charge on any atom is 0.303 e. The third-order valence-electron chi connectivity index (χ3n) is 2.27. The number of aryl methyl sites for hydroxylation is 1. The number of phenols is 1. The Balaban J connectivity index is 2.94. The van der Waals surface area contributed by atoms with Crippen LogP contribution < -0.4 is 4.74 Å². The highest BCUT2D eigenvalue weighted by molar-refractivity contribution is 9.10. The second-order valence-electron chi connectivity index (χ2n) is 3.46. The summed E-state index contributed by atoms with van der Waals surface area (Å²) in [5.41, 5.74) is 0.524. The number of carboxylic acid groups (broad SMARTS) is 1. The first-order valence-corrected chi connectivity index (χ1v) is 5.72. The van der Waals surface area contributed by atoms with Crippen LogP contribution in [0, 0.1) is 5.82 Å². The Hall–Kier alpha value is -1.30. The lowest BCUT2D eigenvalue weighted by molar-refractivity contribution is -0.137. The van der Waals surface area contributed by atoms with E-state index in [0.29, 0.717) is 18.4 Å². The van der Waals surface area contributed by atoms with Crippen molar-refractivity contribution in [1.82, 2.24) is 0 Å². The van der Waals surface area contributed by atoms with Crippen molar-refractivity contribution in [2.75, 3.05) is 7.11 Å². The molecule has 0 aliphatic rings. The molecule has 0 heterocycles. The van der Waals surface area contributed by atoms with Crippen molar-refractivity contribution in [3.8, 4) is 11.5 Å². The van der Waals surface area contributed by atoms with Crippen molar-refractivity contribution < 1.29 is 24.1 Å². The zero-order valence-corrected chi connectivity index (χ0v) is 10.8. The molecule has 4 nitrogen and oxygen atoms in total. The molecule has 17 heavy (non-hydrogen) atoms. The number of rotatable bonds is 5.